The molecule has 1 fully saturated rings. The van der Waals surface area contributed by atoms with Gasteiger partial charge in [-0.25, -0.2) is 0 Å². The Morgan fingerprint density at radius 1 is 1.50 bits per heavy atom. The van der Waals surface area contributed by atoms with E-state index in [1.807, 2.05) is 6.07 Å². The quantitative estimate of drug-likeness (QED) is 0.908. The number of hydrogen-bond donors (Lipinski definition) is 1. The van der Waals surface area contributed by atoms with Crippen LogP contribution in [0, 0.1) is 0 Å². The first-order chi connectivity index (χ1) is 9.47. The largest absolute Gasteiger partial charge is 0.496 e. The first-order valence-corrected chi connectivity index (χ1v) is 8.08. The molecule has 2 unspecified atom stereocenters. The lowest BCUT2D eigenvalue weighted by Crippen LogP contribution is -2.61. The van der Waals surface area contributed by atoms with Gasteiger partial charge < -0.3 is 10.1 Å². The Kier molecular flexibility index (Phi) is 5.10. The van der Waals surface area contributed by atoms with Gasteiger partial charge in [0.2, 0.25) is 0 Å². The van der Waals surface area contributed by atoms with E-state index in [9.17, 15) is 0 Å². The van der Waals surface area contributed by atoms with Crippen molar-refractivity contribution >= 4 is 15.9 Å². The Morgan fingerprint density at radius 3 is 2.85 bits per heavy atom. The molecule has 0 aromatic heterocycles. The number of halogens is 1. The van der Waals surface area contributed by atoms with E-state index in [0.29, 0.717) is 6.04 Å². The van der Waals surface area contributed by atoms with Gasteiger partial charge in [-0.05, 0) is 53.9 Å². The van der Waals surface area contributed by atoms with Crippen LogP contribution in [0.15, 0.2) is 22.7 Å². The number of methoxy groups -OCH3 is 1. The van der Waals surface area contributed by atoms with Crippen LogP contribution < -0.4 is 10.1 Å². The predicted molar refractivity (Wildman–Crippen MR) is 87.3 cm³/mol. The molecule has 0 aliphatic carbocycles. The molecule has 3 nitrogen and oxygen atoms in total. The normalized spacial score (nSPS) is 27.6. The Balaban J connectivity index is 2.09. The molecule has 2 atom stereocenters. The summed E-state index contributed by atoms with van der Waals surface area (Å²) < 4.78 is 6.32. The molecule has 0 amide bonds. The van der Waals surface area contributed by atoms with Crippen LogP contribution >= 0.6 is 15.9 Å². The van der Waals surface area contributed by atoms with Crippen LogP contribution in [0.25, 0.3) is 0 Å². The fourth-order valence-electron chi connectivity index (χ4n) is 2.67. The van der Waals surface area contributed by atoms with Crippen molar-refractivity contribution in [1.82, 2.24) is 10.2 Å². The number of nitrogens with zero attached hydrogens (tertiary/aromatic N) is 1. The summed E-state index contributed by atoms with van der Waals surface area (Å²) in [4.78, 5) is 2.56. The summed E-state index contributed by atoms with van der Waals surface area (Å²) >= 11 is 3.57. The third-order valence-corrected chi connectivity index (χ3v) is 5.00. The van der Waals surface area contributed by atoms with Crippen molar-refractivity contribution in [2.24, 2.45) is 0 Å². The third kappa shape index (κ3) is 3.54. The second-order valence-corrected chi connectivity index (χ2v) is 6.87. The summed E-state index contributed by atoms with van der Waals surface area (Å²) in [6.07, 6.45) is 1.16. The first-order valence-electron chi connectivity index (χ1n) is 7.29. The van der Waals surface area contributed by atoms with E-state index in [2.05, 4.69) is 59.1 Å². The number of benzene rings is 1. The van der Waals surface area contributed by atoms with Crippen molar-refractivity contribution in [2.45, 2.75) is 45.3 Å². The molecule has 1 aliphatic rings. The van der Waals surface area contributed by atoms with E-state index in [1.165, 1.54) is 5.56 Å². The summed E-state index contributed by atoms with van der Waals surface area (Å²) in [6, 6.07) is 6.92. The molecule has 1 heterocycles. The van der Waals surface area contributed by atoms with Crippen molar-refractivity contribution in [3.05, 3.63) is 28.2 Å². The maximum atomic E-state index is 5.29. The van der Waals surface area contributed by atoms with Gasteiger partial charge in [-0.2, -0.15) is 0 Å². The van der Waals surface area contributed by atoms with E-state index in [0.717, 1.165) is 36.3 Å². The highest BCUT2D eigenvalue weighted by Crippen LogP contribution is 2.27. The topological polar surface area (TPSA) is 24.5 Å². The molecule has 1 N–H and O–H groups in total. The minimum atomic E-state index is 0.232. The average molecular weight is 341 g/mol. The highest BCUT2D eigenvalue weighted by Gasteiger charge is 2.32. The molecular weight excluding hydrogens is 316 g/mol. The smallest absolute Gasteiger partial charge is 0.133 e. The number of hydrogen-bond acceptors (Lipinski definition) is 3. The molecule has 112 valence electrons. The molecule has 0 bridgehead atoms. The first kappa shape index (κ1) is 15.8. The minimum absolute atomic E-state index is 0.232. The van der Waals surface area contributed by atoms with Gasteiger partial charge >= 0.3 is 0 Å². The molecule has 20 heavy (non-hydrogen) atoms. The molecule has 1 aromatic carbocycles. The summed E-state index contributed by atoms with van der Waals surface area (Å²) in [7, 11) is 1.70. The maximum absolute atomic E-state index is 5.29. The van der Waals surface area contributed by atoms with Crippen LogP contribution in [0.2, 0.25) is 0 Å². The second-order valence-electron chi connectivity index (χ2n) is 6.02. The lowest BCUT2D eigenvalue weighted by atomic mass is 9.93. The molecule has 1 aromatic rings. The van der Waals surface area contributed by atoms with Gasteiger partial charge in [0.25, 0.3) is 0 Å². The zero-order valence-corrected chi connectivity index (χ0v) is 14.5. The predicted octanol–water partition coefficient (Wildman–Crippen LogP) is 3.42. The van der Waals surface area contributed by atoms with Crippen molar-refractivity contribution < 1.29 is 4.74 Å². The molecule has 0 spiro atoms. The van der Waals surface area contributed by atoms with E-state index in [4.69, 9.17) is 4.74 Å². The summed E-state index contributed by atoms with van der Waals surface area (Å²) in [5, 5.41) is 3.67. The van der Waals surface area contributed by atoms with Gasteiger partial charge in [0.1, 0.15) is 5.75 Å². The minimum Gasteiger partial charge on any atom is -0.496 e. The fraction of sp³-hybridized carbons (Fsp3) is 0.625. The summed E-state index contributed by atoms with van der Waals surface area (Å²) in [6.45, 7) is 10.00. The SMILES string of the molecule is CCC1(C)CN(Cc2ccc(OC)c(Br)c2)C(C)CN1. The van der Waals surface area contributed by atoms with Gasteiger partial charge in [-0.3, -0.25) is 4.90 Å². The molecule has 2 rings (SSSR count). The monoisotopic (exact) mass is 340 g/mol. The number of piperazine rings is 1. The van der Waals surface area contributed by atoms with Gasteiger partial charge in [0.05, 0.1) is 11.6 Å². The van der Waals surface area contributed by atoms with E-state index in [1.54, 1.807) is 7.11 Å². The number of rotatable bonds is 4. The van der Waals surface area contributed by atoms with Crippen LogP contribution in [-0.4, -0.2) is 36.7 Å². The van der Waals surface area contributed by atoms with Gasteiger partial charge in [0, 0.05) is 31.2 Å². The van der Waals surface area contributed by atoms with Gasteiger partial charge in [0.15, 0.2) is 0 Å². The molecule has 4 heteroatoms. The molecule has 1 aliphatic heterocycles. The molecule has 0 saturated carbocycles. The van der Waals surface area contributed by atoms with Gasteiger partial charge in [-0.15, -0.1) is 0 Å². The maximum Gasteiger partial charge on any atom is 0.133 e. The van der Waals surface area contributed by atoms with Crippen molar-refractivity contribution in [3.8, 4) is 5.75 Å². The van der Waals surface area contributed by atoms with Crippen LogP contribution in [0.3, 0.4) is 0 Å². The Hall–Kier alpha value is -0.580. The zero-order valence-electron chi connectivity index (χ0n) is 12.9. The van der Waals surface area contributed by atoms with Crippen LogP contribution in [-0.2, 0) is 6.54 Å². The molecule has 0 radical (unpaired) electrons. The highest BCUT2D eigenvalue weighted by molar-refractivity contribution is 9.10. The van der Waals surface area contributed by atoms with Crippen LogP contribution in [0.1, 0.15) is 32.8 Å². The van der Waals surface area contributed by atoms with E-state index in [-0.39, 0.29) is 5.54 Å². The zero-order chi connectivity index (χ0) is 14.8. The van der Waals surface area contributed by atoms with Crippen LogP contribution in [0.5, 0.6) is 5.75 Å². The lowest BCUT2D eigenvalue weighted by molar-refractivity contribution is 0.0866. The summed E-state index contributed by atoms with van der Waals surface area (Å²) in [5.41, 5.74) is 1.56. The van der Waals surface area contributed by atoms with Crippen molar-refractivity contribution in [3.63, 3.8) is 0 Å². The highest BCUT2D eigenvalue weighted by atomic mass is 79.9. The van der Waals surface area contributed by atoms with Crippen LogP contribution in [0.4, 0.5) is 0 Å². The van der Waals surface area contributed by atoms with Gasteiger partial charge in [-0.1, -0.05) is 13.0 Å². The van der Waals surface area contributed by atoms with Crippen molar-refractivity contribution in [1.29, 1.82) is 0 Å². The second kappa shape index (κ2) is 6.46. The molecule has 1 saturated heterocycles. The Morgan fingerprint density at radius 2 is 2.25 bits per heavy atom. The average Bonchev–Trinajstić information content (AvgIpc) is 2.43. The van der Waals surface area contributed by atoms with E-state index >= 15 is 0 Å². The number of ether oxygens (including phenoxy) is 1. The Labute approximate surface area is 130 Å². The Bertz CT molecular complexity index is 466. The van der Waals surface area contributed by atoms with E-state index < -0.39 is 0 Å². The summed E-state index contributed by atoms with van der Waals surface area (Å²) in [5.74, 6) is 0.889. The third-order valence-electron chi connectivity index (χ3n) is 4.38. The fourth-order valence-corrected chi connectivity index (χ4v) is 3.26. The number of nitrogens with one attached hydrogen (secondary N) is 1. The molecular formula is C16H25BrN2O. The standard InChI is InChI=1S/C16H25BrN2O/c1-5-16(3)11-19(12(2)9-18-16)10-13-6-7-15(20-4)14(17)8-13/h6-8,12,18H,5,9-11H2,1-4H3. The van der Waals surface area contributed by atoms with Crippen molar-refractivity contribution in [2.75, 3.05) is 20.2 Å². The lowest BCUT2D eigenvalue weighted by Gasteiger charge is -2.45.